The van der Waals surface area contributed by atoms with Crippen LogP contribution in [0.5, 0.6) is 5.75 Å². The predicted molar refractivity (Wildman–Crippen MR) is 70.3 cm³/mol. The van der Waals surface area contributed by atoms with Gasteiger partial charge in [0.15, 0.2) is 6.10 Å². The third-order valence-corrected chi connectivity index (χ3v) is 3.30. The highest BCUT2D eigenvalue weighted by atomic mass is 16.5. The number of rotatable bonds is 3. The standard InChI is InChI=1S/C13H19N3O2/c1-7(6-14)12(15)9-3-4-11-10(5-9)16-13(17)8(2)18-11/h3-5,7-8,12H,6,14-15H2,1-2H3,(H,16,17). The van der Waals surface area contributed by atoms with Crippen molar-refractivity contribution in [2.75, 3.05) is 11.9 Å². The third-order valence-electron chi connectivity index (χ3n) is 3.30. The zero-order valence-corrected chi connectivity index (χ0v) is 10.6. The maximum atomic E-state index is 11.5. The van der Waals surface area contributed by atoms with Crippen LogP contribution in [0.1, 0.15) is 25.5 Å². The van der Waals surface area contributed by atoms with Gasteiger partial charge in [-0.2, -0.15) is 0 Å². The Morgan fingerprint density at radius 3 is 2.89 bits per heavy atom. The molecule has 1 amide bonds. The topological polar surface area (TPSA) is 90.4 Å². The van der Waals surface area contributed by atoms with Gasteiger partial charge in [0.2, 0.25) is 0 Å². The first-order valence-electron chi connectivity index (χ1n) is 6.10. The summed E-state index contributed by atoms with van der Waals surface area (Å²) >= 11 is 0. The molecule has 3 unspecified atom stereocenters. The zero-order valence-electron chi connectivity index (χ0n) is 10.6. The summed E-state index contributed by atoms with van der Waals surface area (Å²) in [7, 11) is 0. The van der Waals surface area contributed by atoms with Gasteiger partial charge in [0.25, 0.3) is 5.91 Å². The maximum absolute atomic E-state index is 11.5. The number of ether oxygens (including phenoxy) is 1. The van der Waals surface area contributed by atoms with E-state index in [0.717, 1.165) is 5.56 Å². The summed E-state index contributed by atoms with van der Waals surface area (Å²) in [4.78, 5) is 11.5. The second-order valence-electron chi connectivity index (χ2n) is 4.74. The summed E-state index contributed by atoms with van der Waals surface area (Å²) in [6, 6.07) is 5.47. The molecule has 1 aromatic carbocycles. The Kier molecular flexibility index (Phi) is 3.54. The lowest BCUT2D eigenvalue weighted by Crippen LogP contribution is -2.34. The molecule has 98 valence electrons. The van der Waals surface area contributed by atoms with E-state index in [1.807, 2.05) is 25.1 Å². The third kappa shape index (κ3) is 2.32. The lowest BCUT2D eigenvalue weighted by molar-refractivity contribution is -0.122. The van der Waals surface area contributed by atoms with Gasteiger partial charge in [-0.05, 0) is 37.1 Å². The molecule has 0 radical (unpaired) electrons. The van der Waals surface area contributed by atoms with Crippen LogP contribution >= 0.6 is 0 Å². The Labute approximate surface area is 106 Å². The first-order valence-corrected chi connectivity index (χ1v) is 6.10. The molecular weight excluding hydrogens is 230 g/mol. The Bertz CT molecular complexity index is 462. The molecule has 0 saturated carbocycles. The molecule has 0 saturated heterocycles. The number of benzene rings is 1. The van der Waals surface area contributed by atoms with Crippen LogP contribution in [-0.4, -0.2) is 18.6 Å². The van der Waals surface area contributed by atoms with Crippen LogP contribution in [0.3, 0.4) is 0 Å². The van der Waals surface area contributed by atoms with Crippen molar-refractivity contribution in [3.8, 4) is 5.75 Å². The fraction of sp³-hybridized carbons (Fsp3) is 0.462. The molecule has 18 heavy (non-hydrogen) atoms. The van der Waals surface area contributed by atoms with Gasteiger partial charge in [0.05, 0.1) is 5.69 Å². The van der Waals surface area contributed by atoms with Crippen molar-refractivity contribution in [2.24, 2.45) is 17.4 Å². The number of hydrogen-bond donors (Lipinski definition) is 3. The van der Waals surface area contributed by atoms with Gasteiger partial charge in [-0.25, -0.2) is 0 Å². The average molecular weight is 249 g/mol. The van der Waals surface area contributed by atoms with E-state index in [1.165, 1.54) is 0 Å². The Morgan fingerprint density at radius 1 is 1.50 bits per heavy atom. The van der Waals surface area contributed by atoms with Crippen molar-refractivity contribution in [3.05, 3.63) is 23.8 Å². The van der Waals surface area contributed by atoms with E-state index in [4.69, 9.17) is 16.2 Å². The number of nitrogens with two attached hydrogens (primary N) is 2. The number of amides is 1. The van der Waals surface area contributed by atoms with E-state index in [9.17, 15) is 4.79 Å². The van der Waals surface area contributed by atoms with Gasteiger partial charge < -0.3 is 21.5 Å². The van der Waals surface area contributed by atoms with Gasteiger partial charge in [-0.1, -0.05) is 13.0 Å². The Hall–Kier alpha value is -1.59. The normalized spacial score (nSPS) is 21.6. The smallest absolute Gasteiger partial charge is 0.265 e. The van der Waals surface area contributed by atoms with Crippen LogP contribution in [-0.2, 0) is 4.79 Å². The first-order chi connectivity index (χ1) is 8.52. The molecule has 0 aliphatic carbocycles. The van der Waals surface area contributed by atoms with E-state index in [1.54, 1.807) is 6.92 Å². The van der Waals surface area contributed by atoms with Gasteiger partial charge in [0, 0.05) is 6.04 Å². The molecule has 0 bridgehead atoms. The Balaban J connectivity index is 2.27. The number of anilines is 1. The van der Waals surface area contributed by atoms with Crippen molar-refractivity contribution in [3.63, 3.8) is 0 Å². The predicted octanol–water partition coefficient (Wildman–Crippen LogP) is 1.00. The van der Waals surface area contributed by atoms with Crippen LogP contribution in [0.2, 0.25) is 0 Å². The van der Waals surface area contributed by atoms with Gasteiger partial charge in [0.1, 0.15) is 5.75 Å². The average Bonchev–Trinajstić information content (AvgIpc) is 2.37. The molecule has 1 heterocycles. The highest BCUT2D eigenvalue weighted by Crippen LogP contribution is 2.32. The quantitative estimate of drug-likeness (QED) is 0.745. The fourth-order valence-electron chi connectivity index (χ4n) is 1.91. The van der Waals surface area contributed by atoms with Crippen LogP contribution in [0.4, 0.5) is 5.69 Å². The number of nitrogens with one attached hydrogen (secondary N) is 1. The largest absolute Gasteiger partial charge is 0.479 e. The van der Waals surface area contributed by atoms with Gasteiger partial charge in [-0.3, -0.25) is 4.79 Å². The summed E-state index contributed by atoms with van der Waals surface area (Å²) in [6.45, 7) is 4.24. The molecule has 3 atom stereocenters. The summed E-state index contributed by atoms with van der Waals surface area (Å²) in [5.74, 6) is 0.723. The van der Waals surface area contributed by atoms with Crippen molar-refractivity contribution < 1.29 is 9.53 Å². The van der Waals surface area contributed by atoms with Crippen molar-refractivity contribution in [1.82, 2.24) is 0 Å². The number of fused-ring (bicyclic) bond motifs is 1. The van der Waals surface area contributed by atoms with E-state index in [-0.39, 0.29) is 17.9 Å². The summed E-state index contributed by atoms with van der Waals surface area (Å²) < 4.78 is 5.49. The molecule has 2 rings (SSSR count). The van der Waals surface area contributed by atoms with E-state index >= 15 is 0 Å². The van der Waals surface area contributed by atoms with Crippen LogP contribution in [0, 0.1) is 5.92 Å². The van der Waals surface area contributed by atoms with E-state index in [0.29, 0.717) is 18.0 Å². The minimum absolute atomic E-state index is 0.139. The minimum atomic E-state index is -0.458. The first kappa shape index (κ1) is 12.9. The monoisotopic (exact) mass is 249 g/mol. The van der Waals surface area contributed by atoms with Gasteiger partial charge in [-0.15, -0.1) is 0 Å². The highest BCUT2D eigenvalue weighted by molar-refractivity contribution is 5.97. The van der Waals surface area contributed by atoms with E-state index in [2.05, 4.69) is 5.32 Å². The Morgan fingerprint density at radius 2 is 2.22 bits per heavy atom. The van der Waals surface area contributed by atoms with Crippen LogP contribution in [0.15, 0.2) is 18.2 Å². The molecule has 5 heteroatoms. The molecule has 1 aliphatic rings. The highest BCUT2D eigenvalue weighted by Gasteiger charge is 2.24. The lowest BCUT2D eigenvalue weighted by atomic mass is 9.95. The lowest BCUT2D eigenvalue weighted by Gasteiger charge is -2.25. The number of hydrogen-bond acceptors (Lipinski definition) is 4. The SMILES string of the molecule is CC1Oc2ccc(C(N)C(C)CN)cc2NC1=O. The summed E-state index contributed by atoms with van der Waals surface area (Å²) in [5, 5.41) is 2.81. The van der Waals surface area contributed by atoms with Crippen molar-refractivity contribution in [1.29, 1.82) is 0 Å². The summed E-state index contributed by atoms with van der Waals surface area (Å²) in [6.07, 6.45) is -0.458. The molecule has 0 fully saturated rings. The summed E-state index contributed by atoms with van der Waals surface area (Å²) in [5.41, 5.74) is 13.3. The number of carbonyl (C=O) groups excluding carboxylic acids is 1. The minimum Gasteiger partial charge on any atom is -0.479 e. The van der Waals surface area contributed by atoms with Crippen molar-refractivity contribution >= 4 is 11.6 Å². The molecular formula is C13H19N3O2. The second kappa shape index (κ2) is 4.96. The van der Waals surface area contributed by atoms with Crippen LogP contribution < -0.4 is 21.5 Å². The molecule has 1 aliphatic heterocycles. The van der Waals surface area contributed by atoms with E-state index < -0.39 is 6.10 Å². The maximum Gasteiger partial charge on any atom is 0.265 e. The van der Waals surface area contributed by atoms with Gasteiger partial charge >= 0.3 is 0 Å². The van der Waals surface area contributed by atoms with Crippen LogP contribution in [0.25, 0.3) is 0 Å². The van der Waals surface area contributed by atoms with Crippen molar-refractivity contribution in [2.45, 2.75) is 26.0 Å². The fourth-order valence-corrected chi connectivity index (χ4v) is 1.91. The zero-order chi connectivity index (χ0) is 13.3. The molecule has 0 aromatic heterocycles. The molecule has 0 spiro atoms. The molecule has 1 aromatic rings. The second-order valence-corrected chi connectivity index (χ2v) is 4.74. The molecule has 5 nitrogen and oxygen atoms in total. The molecule has 5 N–H and O–H groups in total. The number of carbonyl (C=O) groups is 1.